The molecule has 0 unspecified atom stereocenters. The van der Waals surface area contributed by atoms with Crippen LogP contribution in [0.1, 0.15) is 24.7 Å². The average Bonchev–Trinajstić information content (AvgIpc) is 2.70. The molecule has 1 heterocycles. The molecule has 1 aromatic carbocycles. The molecule has 0 N–H and O–H groups in total. The number of aromatic nitrogens is 2. The van der Waals surface area contributed by atoms with E-state index in [9.17, 15) is 0 Å². The maximum atomic E-state index is 6.14. The van der Waals surface area contributed by atoms with Crippen molar-refractivity contribution in [1.82, 2.24) is 9.55 Å². The summed E-state index contributed by atoms with van der Waals surface area (Å²) in [5.41, 5.74) is 1.14. The Hall–Kier alpha value is -1.28. The van der Waals surface area contributed by atoms with E-state index in [0.29, 0.717) is 0 Å². The lowest BCUT2D eigenvalue weighted by molar-refractivity contribution is 0.705. The molecule has 0 saturated heterocycles. The molecule has 0 aliphatic heterocycles. The molecule has 2 rings (SSSR count). The van der Waals surface area contributed by atoms with Crippen molar-refractivity contribution in [3.05, 3.63) is 53.1 Å². The van der Waals surface area contributed by atoms with Gasteiger partial charge in [0.2, 0.25) is 0 Å². The van der Waals surface area contributed by atoms with Crippen LogP contribution in [0.25, 0.3) is 0 Å². The Labute approximate surface area is 101 Å². The van der Waals surface area contributed by atoms with Crippen molar-refractivity contribution >= 4 is 11.6 Å². The van der Waals surface area contributed by atoms with Crippen LogP contribution in [0.2, 0.25) is 5.02 Å². The summed E-state index contributed by atoms with van der Waals surface area (Å²) in [4.78, 5) is 4.35. The van der Waals surface area contributed by atoms with Gasteiger partial charge in [0.25, 0.3) is 0 Å². The molecule has 0 spiro atoms. The monoisotopic (exact) mass is 234 g/mol. The van der Waals surface area contributed by atoms with Gasteiger partial charge in [-0.2, -0.15) is 0 Å². The van der Waals surface area contributed by atoms with Crippen molar-refractivity contribution in [2.75, 3.05) is 0 Å². The molecular formula is C13H15ClN2. The third-order valence-corrected chi connectivity index (χ3v) is 2.94. The fourth-order valence-corrected chi connectivity index (χ4v) is 1.94. The van der Waals surface area contributed by atoms with Crippen LogP contribution in [0.15, 0.2) is 36.7 Å². The van der Waals surface area contributed by atoms with Crippen molar-refractivity contribution in [2.24, 2.45) is 0 Å². The van der Waals surface area contributed by atoms with E-state index in [1.165, 1.54) is 0 Å². The standard InChI is InChI=1S/C13H15ClN2/c1-2-5-13-15-8-9-16(13)10-11-6-3-4-7-12(11)14/h3-4,6-9H,2,5,10H2,1H3. The molecule has 0 radical (unpaired) electrons. The number of rotatable bonds is 4. The number of imidazole rings is 1. The lowest BCUT2D eigenvalue weighted by atomic mass is 10.2. The van der Waals surface area contributed by atoms with Crippen molar-refractivity contribution in [3.63, 3.8) is 0 Å². The highest BCUT2D eigenvalue weighted by Crippen LogP contribution is 2.17. The predicted octanol–water partition coefficient (Wildman–Crippen LogP) is 3.54. The second-order valence-electron chi connectivity index (χ2n) is 3.81. The number of benzene rings is 1. The van der Waals surface area contributed by atoms with E-state index in [1.54, 1.807) is 0 Å². The highest BCUT2D eigenvalue weighted by molar-refractivity contribution is 6.31. The third kappa shape index (κ3) is 2.45. The molecule has 16 heavy (non-hydrogen) atoms. The molecule has 0 saturated carbocycles. The van der Waals surface area contributed by atoms with Gasteiger partial charge in [0, 0.05) is 23.8 Å². The van der Waals surface area contributed by atoms with Crippen LogP contribution in [-0.2, 0) is 13.0 Å². The first-order valence-electron chi connectivity index (χ1n) is 5.54. The second-order valence-corrected chi connectivity index (χ2v) is 4.22. The number of aryl methyl sites for hydroxylation is 1. The normalized spacial score (nSPS) is 10.6. The van der Waals surface area contributed by atoms with E-state index in [-0.39, 0.29) is 0 Å². The lowest BCUT2D eigenvalue weighted by Crippen LogP contribution is -2.04. The zero-order chi connectivity index (χ0) is 11.4. The molecule has 3 heteroatoms. The van der Waals surface area contributed by atoms with Crippen molar-refractivity contribution in [3.8, 4) is 0 Å². The van der Waals surface area contributed by atoms with Crippen molar-refractivity contribution in [1.29, 1.82) is 0 Å². The number of nitrogens with zero attached hydrogens (tertiary/aromatic N) is 2. The summed E-state index contributed by atoms with van der Waals surface area (Å²) in [5, 5.41) is 0.818. The van der Waals surface area contributed by atoms with Crippen LogP contribution in [0.4, 0.5) is 0 Å². The Morgan fingerprint density at radius 3 is 2.88 bits per heavy atom. The number of halogens is 1. The third-order valence-electron chi connectivity index (χ3n) is 2.57. The fourth-order valence-electron chi connectivity index (χ4n) is 1.75. The largest absolute Gasteiger partial charge is 0.330 e. The minimum Gasteiger partial charge on any atom is -0.330 e. The van der Waals surface area contributed by atoms with Crippen LogP contribution in [0.5, 0.6) is 0 Å². The molecule has 0 fully saturated rings. The van der Waals surface area contributed by atoms with Crippen LogP contribution < -0.4 is 0 Å². The first-order valence-corrected chi connectivity index (χ1v) is 5.92. The Kier molecular flexibility index (Phi) is 3.62. The smallest absolute Gasteiger partial charge is 0.108 e. The van der Waals surface area contributed by atoms with Crippen LogP contribution >= 0.6 is 11.6 Å². The summed E-state index contributed by atoms with van der Waals surface area (Å²) in [7, 11) is 0. The highest BCUT2D eigenvalue weighted by atomic mass is 35.5. The summed E-state index contributed by atoms with van der Waals surface area (Å²) in [6, 6.07) is 7.94. The van der Waals surface area contributed by atoms with Gasteiger partial charge >= 0.3 is 0 Å². The van der Waals surface area contributed by atoms with Crippen molar-refractivity contribution < 1.29 is 0 Å². The van der Waals surface area contributed by atoms with Gasteiger partial charge in [-0.05, 0) is 18.1 Å². The van der Waals surface area contributed by atoms with Gasteiger partial charge in [0.1, 0.15) is 5.82 Å². The Bertz CT molecular complexity index is 462. The predicted molar refractivity (Wildman–Crippen MR) is 66.8 cm³/mol. The Balaban J connectivity index is 2.20. The summed E-state index contributed by atoms with van der Waals surface area (Å²) >= 11 is 6.14. The fraction of sp³-hybridized carbons (Fsp3) is 0.308. The molecule has 0 atom stereocenters. The average molecular weight is 235 g/mol. The summed E-state index contributed by atoms with van der Waals surface area (Å²) < 4.78 is 2.16. The van der Waals surface area contributed by atoms with Gasteiger partial charge in [-0.25, -0.2) is 4.98 Å². The lowest BCUT2D eigenvalue weighted by Gasteiger charge is -2.08. The van der Waals surface area contributed by atoms with Gasteiger partial charge in [-0.1, -0.05) is 36.7 Å². The minimum atomic E-state index is 0.801. The van der Waals surface area contributed by atoms with E-state index < -0.39 is 0 Å². The Morgan fingerprint density at radius 2 is 2.12 bits per heavy atom. The summed E-state index contributed by atoms with van der Waals surface area (Å²) in [6.07, 6.45) is 5.98. The molecule has 0 bridgehead atoms. The van der Waals surface area contributed by atoms with Gasteiger partial charge < -0.3 is 4.57 Å². The van der Waals surface area contributed by atoms with E-state index in [2.05, 4.69) is 22.5 Å². The molecular weight excluding hydrogens is 220 g/mol. The summed E-state index contributed by atoms with van der Waals surface area (Å²) in [5.74, 6) is 1.13. The zero-order valence-corrected chi connectivity index (χ0v) is 10.1. The minimum absolute atomic E-state index is 0.801. The van der Waals surface area contributed by atoms with Crippen LogP contribution in [0, 0.1) is 0 Å². The van der Waals surface area contributed by atoms with Gasteiger partial charge in [0.05, 0.1) is 6.54 Å². The molecule has 2 aromatic rings. The van der Waals surface area contributed by atoms with E-state index in [0.717, 1.165) is 35.8 Å². The number of hydrogen-bond donors (Lipinski definition) is 0. The summed E-state index contributed by atoms with van der Waals surface area (Å²) in [6.45, 7) is 2.96. The van der Waals surface area contributed by atoms with E-state index in [1.807, 2.05) is 30.6 Å². The molecule has 0 aliphatic carbocycles. The van der Waals surface area contributed by atoms with Crippen molar-refractivity contribution in [2.45, 2.75) is 26.3 Å². The van der Waals surface area contributed by atoms with Crippen LogP contribution in [0.3, 0.4) is 0 Å². The highest BCUT2D eigenvalue weighted by Gasteiger charge is 2.04. The van der Waals surface area contributed by atoms with Gasteiger partial charge in [-0.3, -0.25) is 0 Å². The molecule has 1 aromatic heterocycles. The van der Waals surface area contributed by atoms with E-state index in [4.69, 9.17) is 11.6 Å². The Morgan fingerprint density at radius 1 is 1.31 bits per heavy atom. The second kappa shape index (κ2) is 5.17. The number of hydrogen-bond acceptors (Lipinski definition) is 1. The SMILES string of the molecule is CCCc1nccn1Cc1ccccc1Cl. The molecule has 2 nitrogen and oxygen atoms in total. The zero-order valence-electron chi connectivity index (χ0n) is 9.36. The van der Waals surface area contributed by atoms with E-state index >= 15 is 0 Å². The van der Waals surface area contributed by atoms with Gasteiger partial charge in [0.15, 0.2) is 0 Å². The van der Waals surface area contributed by atoms with Gasteiger partial charge in [-0.15, -0.1) is 0 Å². The molecule has 0 aliphatic rings. The van der Waals surface area contributed by atoms with Crippen LogP contribution in [-0.4, -0.2) is 9.55 Å². The first kappa shape index (κ1) is 11.2. The maximum absolute atomic E-state index is 6.14. The quantitative estimate of drug-likeness (QED) is 0.791. The topological polar surface area (TPSA) is 17.8 Å². The molecule has 84 valence electrons. The maximum Gasteiger partial charge on any atom is 0.108 e. The molecule has 0 amide bonds. The first-order chi connectivity index (χ1) is 7.81.